The third-order valence-electron chi connectivity index (χ3n) is 3.77. The van der Waals surface area contributed by atoms with Crippen LogP contribution >= 0.6 is 24.0 Å². The average Bonchev–Trinajstić information content (AvgIpc) is 2.62. The van der Waals surface area contributed by atoms with Gasteiger partial charge >= 0.3 is 0 Å². The summed E-state index contributed by atoms with van der Waals surface area (Å²) in [4.78, 5) is 20.1. The van der Waals surface area contributed by atoms with Gasteiger partial charge in [0.25, 0.3) is 0 Å². The minimum atomic E-state index is -0.150. The third-order valence-corrected chi connectivity index (χ3v) is 3.77. The number of guanidine groups is 1. The minimum absolute atomic E-state index is 0. The van der Waals surface area contributed by atoms with E-state index in [0.29, 0.717) is 17.6 Å². The maximum Gasteiger partial charge on any atom is 0.243 e. The predicted octanol–water partition coefficient (Wildman–Crippen LogP) is 2.92. The fourth-order valence-electron chi connectivity index (χ4n) is 2.37. The molecule has 0 radical (unpaired) electrons. The van der Waals surface area contributed by atoms with Crippen molar-refractivity contribution in [2.75, 3.05) is 25.5 Å². The molecule has 0 aliphatic carbocycles. The number of aryl methyl sites for hydroxylation is 1. The molecule has 26 heavy (non-hydrogen) atoms. The Bertz CT molecular complexity index is 721. The molecule has 1 aromatic carbocycles. The van der Waals surface area contributed by atoms with Crippen LogP contribution in [0.2, 0.25) is 0 Å². The van der Waals surface area contributed by atoms with Crippen molar-refractivity contribution in [2.24, 2.45) is 4.99 Å². The van der Waals surface area contributed by atoms with Crippen molar-refractivity contribution < 1.29 is 4.79 Å². The molecule has 140 valence electrons. The van der Waals surface area contributed by atoms with Gasteiger partial charge in [0.2, 0.25) is 5.91 Å². The molecule has 0 aliphatic rings. The molecule has 0 spiro atoms. The molecule has 0 saturated carbocycles. The van der Waals surface area contributed by atoms with Gasteiger partial charge in [-0.1, -0.05) is 36.8 Å². The Morgan fingerprint density at radius 2 is 2.04 bits per heavy atom. The molecule has 3 N–H and O–H groups in total. The molecule has 0 fully saturated rings. The first kappa shape index (κ1) is 21.9. The Morgan fingerprint density at radius 3 is 2.69 bits per heavy atom. The maximum atomic E-state index is 11.9. The number of rotatable bonds is 6. The highest BCUT2D eigenvalue weighted by atomic mass is 127. The Balaban J connectivity index is 0.00000338. The number of amides is 1. The van der Waals surface area contributed by atoms with Gasteiger partial charge in [-0.15, -0.1) is 24.0 Å². The van der Waals surface area contributed by atoms with Crippen LogP contribution in [-0.2, 0) is 4.79 Å². The van der Waals surface area contributed by atoms with Crippen molar-refractivity contribution in [1.29, 1.82) is 0 Å². The van der Waals surface area contributed by atoms with Crippen LogP contribution in [0.3, 0.4) is 0 Å². The fraction of sp³-hybridized carbons (Fsp3) is 0.316. The monoisotopic (exact) mass is 467 g/mol. The lowest BCUT2D eigenvalue weighted by Crippen LogP contribution is -2.42. The molecule has 1 amide bonds. The number of aromatic nitrogens is 1. The normalized spacial score (nSPS) is 11.9. The molecule has 2 aromatic rings. The molecule has 7 heteroatoms. The van der Waals surface area contributed by atoms with Crippen LogP contribution < -0.4 is 16.0 Å². The van der Waals surface area contributed by atoms with Crippen LogP contribution in [0.1, 0.15) is 24.0 Å². The van der Waals surface area contributed by atoms with Crippen molar-refractivity contribution in [3.8, 4) is 0 Å². The van der Waals surface area contributed by atoms with E-state index in [-0.39, 0.29) is 36.4 Å². The number of aliphatic imine (C=N–C) groups is 1. The van der Waals surface area contributed by atoms with E-state index >= 15 is 0 Å². The second-order valence-corrected chi connectivity index (χ2v) is 5.91. The van der Waals surface area contributed by atoms with Gasteiger partial charge in [0.1, 0.15) is 0 Å². The average molecular weight is 467 g/mol. The van der Waals surface area contributed by atoms with E-state index in [9.17, 15) is 4.79 Å². The summed E-state index contributed by atoms with van der Waals surface area (Å²) < 4.78 is 0. The smallest absolute Gasteiger partial charge is 0.243 e. The summed E-state index contributed by atoms with van der Waals surface area (Å²) in [5.74, 6) is 0.784. The summed E-state index contributed by atoms with van der Waals surface area (Å²) in [5.41, 5.74) is 3.20. The largest absolute Gasteiger partial charge is 0.356 e. The number of anilines is 1. The molecule has 0 aliphatic heterocycles. The lowest BCUT2D eigenvalue weighted by molar-refractivity contribution is -0.115. The summed E-state index contributed by atoms with van der Waals surface area (Å²) in [6.45, 7) is 5.11. The number of hydrogen-bond donors (Lipinski definition) is 3. The van der Waals surface area contributed by atoms with Gasteiger partial charge in [0.05, 0.1) is 18.4 Å². The Morgan fingerprint density at radius 1 is 1.23 bits per heavy atom. The van der Waals surface area contributed by atoms with Crippen LogP contribution in [0.15, 0.2) is 53.8 Å². The van der Waals surface area contributed by atoms with E-state index in [1.165, 1.54) is 11.1 Å². The molecular formula is C19H26IN5O. The molecule has 2 rings (SSSR count). The number of benzene rings is 1. The standard InChI is InChI=1S/C19H25N5O.HI/c1-14-6-4-7-16(10-14)15(2)11-22-19(20-3)23-13-18(25)24-17-8-5-9-21-12-17;/h4-10,12,15H,11,13H2,1-3H3,(H,24,25)(H2,20,22,23);1H. The molecule has 1 aromatic heterocycles. The Kier molecular flexibility index (Phi) is 9.64. The van der Waals surface area contributed by atoms with Crippen molar-refractivity contribution in [1.82, 2.24) is 15.6 Å². The van der Waals surface area contributed by atoms with E-state index in [1.807, 2.05) is 0 Å². The number of hydrogen-bond acceptors (Lipinski definition) is 3. The predicted molar refractivity (Wildman–Crippen MR) is 117 cm³/mol. The van der Waals surface area contributed by atoms with Crippen LogP contribution in [0.5, 0.6) is 0 Å². The molecule has 0 saturated heterocycles. The lowest BCUT2D eigenvalue weighted by atomic mass is 9.99. The first-order valence-corrected chi connectivity index (χ1v) is 8.29. The van der Waals surface area contributed by atoms with E-state index in [0.717, 1.165) is 6.54 Å². The number of nitrogens with zero attached hydrogens (tertiary/aromatic N) is 2. The van der Waals surface area contributed by atoms with Crippen LogP contribution in [0.25, 0.3) is 0 Å². The van der Waals surface area contributed by atoms with Gasteiger partial charge in [0.15, 0.2) is 5.96 Å². The van der Waals surface area contributed by atoms with Crippen molar-refractivity contribution >= 4 is 41.5 Å². The number of pyridine rings is 1. The topological polar surface area (TPSA) is 78.4 Å². The molecule has 1 atom stereocenters. The number of carbonyl (C=O) groups excluding carboxylic acids is 1. The van der Waals surface area contributed by atoms with Gasteiger partial charge in [-0.05, 0) is 30.5 Å². The minimum Gasteiger partial charge on any atom is -0.356 e. The van der Waals surface area contributed by atoms with Crippen molar-refractivity contribution in [2.45, 2.75) is 19.8 Å². The van der Waals surface area contributed by atoms with Gasteiger partial charge in [-0.2, -0.15) is 0 Å². The molecule has 0 bridgehead atoms. The van der Waals surface area contributed by atoms with Crippen molar-refractivity contribution in [3.05, 3.63) is 59.9 Å². The molecule has 6 nitrogen and oxygen atoms in total. The van der Waals surface area contributed by atoms with Gasteiger partial charge in [-0.3, -0.25) is 14.8 Å². The summed E-state index contributed by atoms with van der Waals surface area (Å²) in [5, 5.41) is 9.04. The van der Waals surface area contributed by atoms with Crippen LogP contribution in [-0.4, -0.2) is 37.0 Å². The van der Waals surface area contributed by atoms with Gasteiger partial charge in [-0.25, -0.2) is 0 Å². The van der Waals surface area contributed by atoms with Crippen molar-refractivity contribution in [3.63, 3.8) is 0 Å². The van der Waals surface area contributed by atoms with E-state index in [1.54, 1.807) is 31.6 Å². The van der Waals surface area contributed by atoms with Crippen LogP contribution in [0.4, 0.5) is 5.69 Å². The number of halogens is 1. The quantitative estimate of drug-likeness (QED) is 0.347. The number of nitrogens with one attached hydrogen (secondary N) is 3. The van der Waals surface area contributed by atoms with Crippen LogP contribution in [0, 0.1) is 6.92 Å². The zero-order valence-electron chi connectivity index (χ0n) is 15.3. The van der Waals surface area contributed by atoms with E-state index in [2.05, 4.69) is 64.0 Å². The summed E-state index contributed by atoms with van der Waals surface area (Å²) >= 11 is 0. The Hall–Kier alpha value is -2.16. The maximum absolute atomic E-state index is 11.9. The highest BCUT2D eigenvalue weighted by Gasteiger charge is 2.08. The van der Waals surface area contributed by atoms with Gasteiger partial charge in [0, 0.05) is 19.8 Å². The molecule has 1 heterocycles. The highest BCUT2D eigenvalue weighted by molar-refractivity contribution is 14.0. The second-order valence-electron chi connectivity index (χ2n) is 5.91. The summed E-state index contributed by atoms with van der Waals surface area (Å²) in [6.07, 6.45) is 3.27. The summed E-state index contributed by atoms with van der Waals surface area (Å²) in [7, 11) is 1.69. The zero-order chi connectivity index (χ0) is 18.1. The molecular weight excluding hydrogens is 441 g/mol. The van der Waals surface area contributed by atoms with Gasteiger partial charge < -0.3 is 16.0 Å². The zero-order valence-corrected chi connectivity index (χ0v) is 17.7. The highest BCUT2D eigenvalue weighted by Crippen LogP contribution is 2.15. The third kappa shape index (κ3) is 7.38. The van der Waals surface area contributed by atoms with E-state index in [4.69, 9.17) is 0 Å². The lowest BCUT2D eigenvalue weighted by Gasteiger charge is -2.16. The fourth-order valence-corrected chi connectivity index (χ4v) is 2.37. The number of carbonyl (C=O) groups is 1. The second kappa shape index (κ2) is 11.5. The Labute approximate surface area is 171 Å². The van der Waals surface area contributed by atoms with E-state index < -0.39 is 0 Å². The molecule has 1 unspecified atom stereocenters. The first-order valence-electron chi connectivity index (χ1n) is 8.29. The first-order chi connectivity index (χ1) is 12.1. The SMILES string of the molecule is CN=C(NCC(=O)Nc1cccnc1)NCC(C)c1cccc(C)c1.I. The summed E-state index contributed by atoms with van der Waals surface area (Å²) in [6, 6.07) is 12.0.